The van der Waals surface area contributed by atoms with Crippen molar-refractivity contribution in [2.24, 2.45) is 7.05 Å². The zero-order valence-electron chi connectivity index (χ0n) is 9.79. The van der Waals surface area contributed by atoms with E-state index in [1.165, 1.54) is 4.68 Å². The van der Waals surface area contributed by atoms with Gasteiger partial charge in [-0.25, -0.2) is 0 Å². The average molecular weight is 230 g/mol. The van der Waals surface area contributed by atoms with E-state index >= 15 is 0 Å². The van der Waals surface area contributed by atoms with Gasteiger partial charge in [0.05, 0.1) is 12.2 Å². The maximum Gasteiger partial charge on any atom is 0.273 e. The van der Waals surface area contributed by atoms with Gasteiger partial charge in [0.25, 0.3) is 5.91 Å². The number of nitrogens with zero attached hydrogens (tertiary/aromatic N) is 3. The molecule has 1 aromatic carbocycles. The highest BCUT2D eigenvalue weighted by atomic mass is 16.2. The molecule has 17 heavy (non-hydrogen) atoms. The van der Waals surface area contributed by atoms with Crippen LogP contribution in [0.2, 0.25) is 0 Å². The number of benzene rings is 1. The maximum absolute atomic E-state index is 11.8. The molecule has 1 heterocycles. The van der Waals surface area contributed by atoms with Gasteiger partial charge in [0, 0.05) is 7.05 Å². The van der Waals surface area contributed by atoms with Crippen LogP contribution in [-0.4, -0.2) is 20.9 Å². The smallest absolute Gasteiger partial charge is 0.273 e. The van der Waals surface area contributed by atoms with E-state index < -0.39 is 0 Å². The van der Waals surface area contributed by atoms with Gasteiger partial charge in [-0.1, -0.05) is 35.5 Å². The van der Waals surface area contributed by atoms with E-state index in [-0.39, 0.29) is 11.9 Å². The first-order chi connectivity index (χ1) is 8.16. The first kappa shape index (κ1) is 11.3. The molecule has 0 aliphatic carbocycles. The predicted octanol–water partition coefficient (Wildman–Crippen LogP) is 1.31. The maximum atomic E-state index is 11.8. The van der Waals surface area contributed by atoms with Gasteiger partial charge in [-0.15, -0.1) is 5.10 Å². The summed E-state index contributed by atoms with van der Waals surface area (Å²) in [6.07, 6.45) is 1.59. The molecule has 0 saturated carbocycles. The monoisotopic (exact) mass is 230 g/mol. The van der Waals surface area contributed by atoms with E-state index in [0.717, 1.165) is 5.56 Å². The third-order valence-electron chi connectivity index (χ3n) is 2.48. The summed E-state index contributed by atoms with van der Waals surface area (Å²) in [5, 5.41) is 10.4. The number of hydrogen-bond acceptors (Lipinski definition) is 3. The Hall–Kier alpha value is -2.17. The second-order valence-corrected chi connectivity index (χ2v) is 3.88. The Labute approximate surface area is 99.5 Å². The zero-order chi connectivity index (χ0) is 12.3. The molecule has 1 aromatic heterocycles. The lowest BCUT2D eigenvalue weighted by Gasteiger charge is -2.12. The van der Waals surface area contributed by atoms with Crippen molar-refractivity contribution in [1.29, 1.82) is 0 Å². The molecule has 0 spiro atoms. The van der Waals surface area contributed by atoms with Gasteiger partial charge >= 0.3 is 0 Å². The number of carbonyl (C=O) groups excluding carboxylic acids is 1. The van der Waals surface area contributed by atoms with Crippen molar-refractivity contribution in [3.8, 4) is 0 Å². The molecule has 0 aliphatic heterocycles. The molecule has 88 valence electrons. The Kier molecular flexibility index (Phi) is 3.18. The molecular weight excluding hydrogens is 216 g/mol. The van der Waals surface area contributed by atoms with Crippen molar-refractivity contribution >= 4 is 5.91 Å². The Morgan fingerprint density at radius 1 is 1.35 bits per heavy atom. The van der Waals surface area contributed by atoms with Crippen LogP contribution in [0.25, 0.3) is 0 Å². The summed E-state index contributed by atoms with van der Waals surface area (Å²) in [7, 11) is 1.73. The third-order valence-corrected chi connectivity index (χ3v) is 2.48. The average Bonchev–Trinajstić information content (AvgIpc) is 2.77. The summed E-state index contributed by atoms with van der Waals surface area (Å²) in [4.78, 5) is 11.8. The largest absolute Gasteiger partial charge is 0.344 e. The molecule has 1 unspecified atom stereocenters. The molecule has 5 heteroatoms. The SMILES string of the molecule is CC(NC(=O)c1cn(C)nn1)c1ccccc1. The van der Waals surface area contributed by atoms with Crippen LogP contribution in [-0.2, 0) is 7.05 Å². The van der Waals surface area contributed by atoms with E-state index in [2.05, 4.69) is 15.6 Å². The molecule has 0 fully saturated rings. The molecule has 2 rings (SSSR count). The van der Waals surface area contributed by atoms with Crippen molar-refractivity contribution in [3.63, 3.8) is 0 Å². The number of carbonyl (C=O) groups is 1. The first-order valence-electron chi connectivity index (χ1n) is 5.39. The lowest BCUT2D eigenvalue weighted by atomic mass is 10.1. The normalized spacial score (nSPS) is 12.1. The molecule has 1 amide bonds. The molecule has 0 bridgehead atoms. The third kappa shape index (κ3) is 2.69. The van der Waals surface area contributed by atoms with Crippen LogP contribution in [0.15, 0.2) is 36.5 Å². The van der Waals surface area contributed by atoms with Gasteiger partial charge in [0.15, 0.2) is 5.69 Å². The van der Waals surface area contributed by atoms with Crippen molar-refractivity contribution in [1.82, 2.24) is 20.3 Å². The molecule has 1 atom stereocenters. The number of rotatable bonds is 3. The van der Waals surface area contributed by atoms with E-state index in [1.807, 2.05) is 37.3 Å². The van der Waals surface area contributed by atoms with Crippen LogP contribution in [0.1, 0.15) is 29.0 Å². The Balaban J connectivity index is 2.04. The summed E-state index contributed by atoms with van der Waals surface area (Å²) in [6, 6.07) is 9.73. The fourth-order valence-electron chi connectivity index (χ4n) is 1.55. The minimum absolute atomic E-state index is 0.0503. The molecule has 5 nitrogen and oxygen atoms in total. The van der Waals surface area contributed by atoms with Crippen molar-refractivity contribution in [2.45, 2.75) is 13.0 Å². The topological polar surface area (TPSA) is 59.8 Å². The second-order valence-electron chi connectivity index (χ2n) is 3.88. The minimum Gasteiger partial charge on any atom is -0.344 e. The highest BCUT2D eigenvalue weighted by Gasteiger charge is 2.13. The molecule has 0 aliphatic rings. The van der Waals surface area contributed by atoms with E-state index in [9.17, 15) is 4.79 Å². The van der Waals surface area contributed by atoms with Crippen molar-refractivity contribution < 1.29 is 4.79 Å². The van der Waals surface area contributed by atoms with Crippen LogP contribution in [0, 0.1) is 0 Å². The summed E-state index contributed by atoms with van der Waals surface area (Å²) in [6.45, 7) is 1.93. The summed E-state index contributed by atoms with van der Waals surface area (Å²) >= 11 is 0. The van der Waals surface area contributed by atoms with E-state index in [4.69, 9.17) is 0 Å². The fraction of sp³-hybridized carbons (Fsp3) is 0.250. The molecule has 0 radical (unpaired) electrons. The summed E-state index contributed by atoms with van der Waals surface area (Å²) < 4.78 is 1.50. The summed E-state index contributed by atoms with van der Waals surface area (Å²) in [5.74, 6) is -0.213. The van der Waals surface area contributed by atoms with Gasteiger partial charge in [0.1, 0.15) is 0 Å². The molecule has 1 N–H and O–H groups in total. The summed E-state index contributed by atoms with van der Waals surface area (Å²) in [5.41, 5.74) is 1.39. The Morgan fingerprint density at radius 2 is 2.06 bits per heavy atom. The van der Waals surface area contributed by atoms with Gasteiger partial charge in [-0.05, 0) is 12.5 Å². The van der Waals surface area contributed by atoms with E-state index in [1.54, 1.807) is 13.2 Å². The number of amides is 1. The van der Waals surface area contributed by atoms with Crippen LogP contribution >= 0.6 is 0 Å². The van der Waals surface area contributed by atoms with Crippen LogP contribution in [0.4, 0.5) is 0 Å². The second kappa shape index (κ2) is 4.78. The predicted molar refractivity (Wildman–Crippen MR) is 63.3 cm³/mol. The molecular formula is C12H14N4O. The lowest BCUT2D eigenvalue weighted by molar-refractivity contribution is 0.0934. The first-order valence-corrected chi connectivity index (χ1v) is 5.39. The van der Waals surface area contributed by atoms with Crippen LogP contribution < -0.4 is 5.32 Å². The zero-order valence-corrected chi connectivity index (χ0v) is 9.79. The van der Waals surface area contributed by atoms with Crippen LogP contribution in [0.3, 0.4) is 0 Å². The van der Waals surface area contributed by atoms with E-state index in [0.29, 0.717) is 5.69 Å². The number of hydrogen-bond donors (Lipinski definition) is 1. The highest BCUT2D eigenvalue weighted by molar-refractivity contribution is 5.92. The molecule has 0 saturated heterocycles. The highest BCUT2D eigenvalue weighted by Crippen LogP contribution is 2.11. The van der Waals surface area contributed by atoms with Gasteiger partial charge in [0.2, 0.25) is 0 Å². The lowest BCUT2D eigenvalue weighted by Crippen LogP contribution is -2.26. The quantitative estimate of drug-likeness (QED) is 0.864. The molecule has 2 aromatic rings. The standard InChI is InChI=1S/C12H14N4O/c1-9(10-6-4-3-5-7-10)13-12(17)11-8-16(2)15-14-11/h3-9H,1-2H3,(H,13,17). The Morgan fingerprint density at radius 3 is 2.65 bits per heavy atom. The van der Waals surface area contributed by atoms with Gasteiger partial charge in [-0.2, -0.15) is 0 Å². The van der Waals surface area contributed by atoms with Crippen molar-refractivity contribution in [3.05, 3.63) is 47.8 Å². The fourth-order valence-corrected chi connectivity index (χ4v) is 1.55. The number of aromatic nitrogens is 3. The minimum atomic E-state index is -0.213. The Bertz CT molecular complexity index is 506. The van der Waals surface area contributed by atoms with Crippen LogP contribution in [0.5, 0.6) is 0 Å². The number of aryl methyl sites for hydroxylation is 1. The van der Waals surface area contributed by atoms with Crippen molar-refractivity contribution in [2.75, 3.05) is 0 Å². The number of nitrogens with one attached hydrogen (secondary N) is 1. The van der Waals surface area contributed by atoms with Gasteiger partial charge in [-0.3, -0.25) is 9.48 Å². The van der Waals surface area contributed by atoms with Gasteiger partial charge < -0.3 is 5.32 Å².